The van der Waals surface area contributed by atoms with Crippen LogP contribution in [0.4, 0.5) is 5.69 Å². The molecule has 0 saturated carbocycles. The van der Waals surface area contributed by atoms with Gasteiger partial charge in [0.1, 0.15) is 5.75 Å². The van der Waals surface area contributed by atoms with Gasteiger partial charge in [0.05, 0.1) is 13.2 Å². The number of esters is 2. The monoisotopic (exact) mass is 390 g/mol. The summed E-state index contributed by atoms with van der Waals surface area (Å²) in [6.07, 6.45) is 1.23. The van der Waals surface area contributed by atoms with Crippen molar-refractivity contribution in [2.45, 2.75) is 19.6 Å². The van der Waals surface area contributed by atoms with E-state index < -0.39 is 17.7 Å². The van der Waals surface area contributed by atoms with E-state index in [1.54, 1.807) is 29.2 Å². The number of cyclic esters (lactones) is 2. The van der Waals surface area contributed by atoms with E-state index in [9.17, 15) is 14.4 Å². The van der Waals surface area contributed by atoms with Gasteiger partial charge in [-0.3, -0.25) is 4.79 Å². The minimum absolute atomic E-state index is 0.0513. The second-order valence-corrected chi connectivity index (χ2v) is 6.69. The molecule has 1 amide bonds. The standard InChI is InChI=1S/C19H22N2O7/c1-19(2)27-17(23)15(18(24)28-19)11-20-13-3-5-14(6-4-13)26-12-16(22)21-7-9-25-10-8-21/h3-6,11,20H,7-10,12H2,1-2H3. The van der Waals surface area contributed by atoms with Crippen molar-refractivity contribution in [2.75, 3.05) is 38.2 Å². The van der Waals surface area contributed by atoms with Crippen molar-refractivity contribution in [3.63, 3.8) is 0 Å². The Labute approximate surface area is 162 Å². The SMILES string of the molecule is CC1(C)OC(=O)C(=CNc2ccc(OCC(=O)N3CCOCC3)cc2)C(=O)O1. The molecule has 3 rings (SSSR count). The van der Waals surface area contributed by atoms with Crippen LogP contribution in [0.5, 0.6) is 5.75 Å². The van der Waals surface area contributed by atoms with Gasteiger partial charge < -0.3 is 29.2 Å². The molecule has 0 radical (unpaired) electrons. The predicted octanol–water partition coefficient (Wildman–Crippen LogP) is 1.06. The third-order valence-electron chi connectivity index (χ3n) is 4.08. The molecule has 0 bridgehead atoms. The van der Waals surface area contributed by atoms with Gasteiger partial charge in [-0.05, 0) is 24.3 Å². The van der Waals surface area contributed by atoms with Gasteiger partial charge in [-0.25, -0.2) is 9.59 Å². The summed E-state index contributed by atoms with van der Waals surface area (Å²) in [5.74, 6) is -2.35. The normalized spacial score (nSPS) is 18.8. The molecule has 150 valence electrons. The fourth-order valence-electron chi connectivity index (χ4n) is 2.63. The number of carbonyl (C=O) groups excluding carboxylic acids is 3. The van der Waals surface area contributed by atoms with E-state index in [1.165, 1.54) is 20.0 Å². The smallest absolute Gasteiger partial charge is 0.350 e. The van der Waals surface area contributed by atoms with Crippen molar-refractivity contribution < 1.29 is 33.3 Å². The molecule has 0 aliphatic carbocycles. The number of nitrogens with zero attached hydrogens (tertiary/aromatic N) is 1. The van der Waals surface area contributed by atoms with Crippen LogP contribution in [0.2, 0.25) is 0 Å². The lowest BCUT2D eigenvalue weighted by atomic mass is 10.2. The summed E-state index contributed by atoms with van der Waals surface area (Å²) in [6.45, 7) is 5.14. The van der Waals surface area contributed by atoms with E-state index in [1.807, 2.05) is 0 Å². The zero-order valence-corrected chi connectivity index (χ0v) is 15.7. The first-order valence-electron chi connectivity index (χ1n) is 8.86. The Balaban J connectivity index is 1.52. The van der Waals surface area contributed by atoms with Crippen LogP contribution in [0, 0.1) is 0 Å². The van der Waals surface area contributed by atoms with Gasteiger partial charge in [0.2, 0.25) is 0 Å². The van der Waals surface area contributed by atoms with E-state index in [0.717, 1.165) is 0 Å². The van der Waals surface area contributed by atoms with E-state index in [4.69, 9.17) is 18.9 Å². The summed E-state index contributed by atoms with van der Waals surface area (Å²) >= 11 is 0. The van der Waals surface area contributed by atoms with Crippen LogP contribution in [0.25, 0.3) is 0 Å². The lowest BCUT2D eigenvalue weighted by Gasteiger charge is -2.29. The topological polar surface area (TPSA) is 103 Å². The summed E-state index contributed by atoms with van der Waals surface area (Å²) < 4.78 is 20.7. The lowest BCUT2D eigenvalue weighted by molar-refractivity contribution is -0.222. The number of hydrogen-bond donors (Lipinski definition) is 1. The van der Waals surface area contributed by atoms with E-state index >= 15 is 0 Å². The second-order valence-electron chi connectivity index (χ2n) is 6.69. The molecule has 2 heterocycles. The van der Waals surface area contributed by atoms with Gasteiger partial charge in [-0.15, -0.1) is 0 Å². The maximum atomic E-state index is 12.1. The fourth-order valence-corrected chi connectivity index (χ4v) is 2.63. The number of ether oxygens (including phenoxy) is 4. The first-order valence-corrected chi connectivity index (χ1v) is 8.86. The van der Waals surface area contributed by atoms with Gasteiger partial charge in [-0.1, -0.05) is 0 Å². The summed E-state index contributed by atoms with van der Waals surface area (Å²) in [4.78, 5) is 37.5. The highest BCUT2D eigenvalue weighted by atomic mass is 16.7. The molecule has 2 aliphatic rings. The van der Waals surface area contributed by atoms with E-state index in [-0.39, 0.29) is 18.1 Å². The van der Waals surface area contributed by atoms with Crippen molar-refractivity contribution in [2.24, 2.45) is 0 Å². The van der Waals surface area contributed by atoms with Crippen LogP contribution in [0.1, 0.15) is 13.8 Å². The molecule has 2 saturated heterocycles. The maximum Gasteiger partial charge on any atom is 0.350 e. The van der Waals surface area contributed by atoms with Crippen molar-refractivity contribution in [3.05, 3.63) is 36.0 Å². The number of amides is 1. The van der Waals surface area contributed by atoms with E-state index in [2.05, 4.69) is 5.32 Å². The Hall–Kier alpha value is -3.07. The number of benzene rings is 1. The van der Waals surface area contributed by atoms with Crippen molar-refractivity contribution in [3.8, 4) is 5.75 Å². The summed E-state index contributed by atoms with van der Waals surface area (Å²) in [5.41, 5.74) is 0.389. The van der Waals surface area contributed by atoms with Gasteiger partial charge >= 0.3 is 11.9 Å². The van der Waals surface area contributed by atoms with Crippen molar-refractivity contribution in [1.29, 1.82) is 0 Å². The Bertz CT molecular complexity index is 758. The zero-order chi connectivity index (χ0) is 20.1. The van der Waals surface area contributed by atoms with Crippen LogP contribution < -0.4 is 10.1 Å². The number of carbonyl (C=O) groups is 3. The van der Waals surface area contributed by atoms with Crippen LogP contribution in [0.3, 0.4) is 0 Å². The number of anilines is 1. The molecular weight excluding hydrogens is 368 g/mol. The highest BCUT2D eigenvalue weighted by Crippen LogP contribution is 2.23. The molecule has 9 nitrogen and oxygen atoms in total. The Morgan fingerprint density at radius 3 is 2.36 bits per heavy atom. The molecule has 1 N–H and O–H groups in total. The molecule has 0 spiro atoms. The Morgan fingerprint density at radius 2 is 1.75 bits per heavy atom. The molecule has 2 fully saturated rings. The largest absolute Gasteiger partial charge is 0.484 e. The van der Waals surface area contributed by atoms with Crippen LogP contribution in [0.15, 0.2) is 36.0 Å². The van der Waals surface area contributed by atoms with Crippen LogP contribution in [-0.4, -0.2) is 61.4 Å². The average molecular weight is 390 g/mol. The highest BCUT2D eigenvalue weighted by molar-refractivity contribution is 6.15. The fraction of sp³-hybridized carbons (Fsp3) is 0.421. The van der Waals surface area contributed by atoms with Crippen LogP contribution in [-0.2, 0) is 28.6 Å². The van der Waals surface area contributed by atoms with Crippen molar-refractivity contribution >= 4 is 23.5 Å². The summed E-state index contributed by atoms with van der Waals surface area (Å²) in [6, 6.07) is 6.73. The number of rotatable bonds is 5. The van der Waals surface area contributed by atoms with Gasteiger partial charge in [-0.2, -0.15) is 0 Å². The number of morpholine rings is 1. The second kappa shape index (κ2) is 8.30. The molecule has 1 aromatic rings. The first-order chi connectivity index (χ1) is 13.3. The number of nitrogens with one attached hydrogen (secondary N) is 1. The minimum Gasteiger partial charge on any atom is -0.484 e. The van der Waals surface area contributed by atoms with Gasteiger partial charge in [0, 0.05) is 38.8 Å². The van der Waals surface area contributed by atoms with E-state index in [0.29, 0.717) is 37.7 Å². The minimum atomic E-state index is -1.27. The molecule has 0 atom stereocenters. The number of hydrogen-bond acceptors (Lipinski definition) is 8. The lowest BCUT2D eigenvalue weighted by Crippen LogP contribution is -2.42. The molecule has 28 heavy (non-hydrogen) atoms. The molecular formula is C19H22N2O7. The predicted molar refractivity (Wildman–Crippen MR) is 97.3 cm³/mol. The Morgan fingerprint density at radius 1 is 1.14 bits per heavy atom. The Kier molecular flexibility index (Phi) is 5.84. The molecule has 0 unspecified atom stereocenters. The third kappa shape index (κ3) is 5.01. The van der Waals surface area contributed by atoms with Crippen molar-refractivity contribution in [1.82, 2.24) is 4.90 Å². The van der Waals surface area contributed by atoms with Gasteiger partial charge in [0.25, 0.3) is 11.7 Å². The molecule has 2 aliphatic heterocycles. The average Bonchev–Trinajstić information content (AvgIpc) is 2.66. The molecule has 0 aromatic heterocycles. The molecule has 9 heteroatoms. The maximum absolute atomic E-state index is 12.1. The molecule has 1 aromatic carbocycles. The van der Waals surface area contributed by atoms with Gasteiger partial charge in [0.15, 0.2) is 12.2 Å². The summed E-state index contributed by atoms with van der Waals surface area (Å²) in [7, 11) is 0. The third-order valence-corrected chi connectivity index (χ3v) is 4.08. The highest BCUT2D eigenvalue weighted by Gasteiger charge is 2.38. The zero-order valence-electron chi connectivity index (χ0n) is 15.7. The summed E-state index contributed by atoms with van der Waals surface area (Å²) in [5, 5.41) is 2.84. The first kappa shape index (κ1) is 19.7. The quantitative estimate of drug-likeness (QED) is 0.452. The van der Waals surface area contributed by atoms with Crippen LogP contribution >= 0.6 is 0 Å².